The standard InChI is InChI=1S/C22H27N3O5S/c1-6-20(26)23-15-8-10-19(14(2)11-15)31(28,29)24-16-7-9-17-18(12-16)30-13-22(3,4)21(27)25(17)5/h7-12,24H,6,13H2,1-5H3,(H,23,26). The van der Waals surface area contributed by atoms with Crippen LogP contribution in [0, 0.1) is 12.3 Å². The van der Waals surface area contributed by atoms with Gasteiger partial charge in [0.05, 0.1) is 21.7 Å². The van der Waals surface area contributed by atoms with E-state index in [1.165, 1.54) is 11.0 Å². The molecule has 31 heavy (non-hydrogen) atoms. The first-order chi connectivity index (χ1) is 14.4. The van der Waals surface area contributed by atoms with Crippen LogP contribution in [0.1, 0.15) is 32.8 Å². The smallest absolute Gasteiger partial charge is 0.262 e. The minimum absolute atomic E-state index is 0.0783. The molecule has 3 rings (SSSR count). The van der Waals surface area contributed by atoms with E-state index in [1.54, 1.807) is 65.1 Å². The third kappa shape index (κ3) is 4.66. The van der Waals surface area contributed by atoms with E-state index in [-0.39, 0.29) is 23.3 Å². The van der Waals surface area contributed by atoms with Crippen LogP contribution in [-0.4, -0.2) is 33.9 Å². The van der Waals surface area contributed by atoms with E-state index >= 15 is 0 Å². The van der Waals surface area contributed by atoms with Gasteiger partial charge in [-0.3, -0.25) is 14.3 Å². The molecule has 2 aromatic carbocycles. The fourth-order valence-corrected chi connectivity index (χ4v) is 4.62. The summed E-state index contributed by atoms with van der Waals surface area (Å²) in [5.41, 5.74) is 1.24. The van der Waals surface area contributed by atoms with Gasteiger partial charge in [-0.15, -0.1) is 0 Å². The summed E-state index contributed by atoms with van der Waals surface area (Å²) in [6, 6.07) is 9.44. The number of rotatable bonds is 5. The summed E-state index contributed by atoms with van der Waals surface area (Å²) in [7, 11) is -2.21. The Hall–Kier alpha value is -3.07. The van der Waals surface area contributed by atoms with Crippen molar-refractivity contribution in [2.24, 2.45) is 5.41 Å². The van der Waals surface area contributed by atoms with Gasteiger partial charge in [0.1, 0.15) is 12.4 Å². The Morgan fingerprint density at radius 2 is 1.84 bits per heavy atom. The van der Waals surface area contributed by atoms with Gasteiger partial charge in [0.25, 0.3) is 10.0 Å². The highest BCUT2D eigenvalue weighted by Gasteiger charge is 2.36. The van der Waals surface area contributed by atoms with Crippen molar-refractivity contribution >= 4 is 38.9 Å². The second kappa shape index (κ2) is 8.22. The van der Waals surface area contributed by atoms with Gasteiger partial charge in [0, 0.05) is 25.2 Å². The lowest BCUT2D eigenvalue weighted by molar-refractivity contribution is -0.127. The Morgan fingerprint density at radius 1 is 1.16 bits per heavy atom. The molecule has 166 valence electrons. The quantitative estimate of drug-likeness (QED) is 0.733. The largest absolute Gasteiger partial charge is 0.490 e. The number of sulfonamides is 1. The van der Waals surface area contributed by atoms with Crippen LogP contribution in [0.25, 0.3) is 0 Å². The van der Waals surface area contributed by atoms with Crippen LogP contribution in [-0.2, 0) is 19.6 Å². The lowest BCUT2D eigenvalue weighted by atomic mass is 9.93. The van der Waals surface area contributed by atoms with Gasteiger partial charge in [-0.25, -0.2) is 8.42 Å². The lowest BCUT2D eigenvalue weighted by Crippen LogP contribution is -2.39. The molecule has 0 unspecified atom stereocenters. The Bertz CT molecular complexity index is 1140. The molecular formula is C22H27N3O5S. The zero-order valence-corrected chi connectivity index (χ0v) is 19.1. The van der Waals surface area contributed by atoms with Crippen LogP contribution in [0.3, 0.4) is 0 Å². The normalized spacial score (nSPS) is 15.5. The predicted molar refractivity (Wildman–Crippen MR) is 120 cm³/mol. The number of hydrogen-bond donors (Lipinski definition) is 2. The predicted octanol–water partition coefficient (Wildman–Crippen LogP) is 3.53. The van der Waals surface area contributed by atoms with Crippen molar-refractivity contribution in [3.8, 4) is 5.75 Å². The van der Waals surface area contributed by atoms with E-state index < -0.39 is 15.4 Å². The van der Waals surface area contributed by atoms with Gasteiger partial charge in [0.15, 0.2) is 0 Å². The van der Waals surface area contributed by atoms with Crippen molar-refractivity contribution < 1.29 is 22.7 Å². The second-order valence-electron chi connectivity index (χ2n) is 8.21. The van der Waals surface area contributed by atoms with Crippen molar-refractivity contribution in [1.82, 2.24) is 0 Å². The molecule has 0 saturated carbocycles. The molecule has 1 aliphatic rings. The molecule has 0 bridgehead atoms. The number of nitrogens with one attached hydrogen (secondary N) is 2. The Balaban J connectivity index is 1.87. The molecule has 0 spiro atoms. The van der Waals surface area contributed by atoms with Crippen molar-refractivity contribution in [3.05, 3.63) is 42.0 Å². The molecule has 0 atom stereocenters. The average Bonchev–Trinajstić information content (AvgIpc) is 2.78. The topological polar surface area (TPSA) is 105 Å². The molecule has 0 fully saturated rings. The molecule has 0 radical (unpaired) electrons. The van der Waals surface area contributed by atoms with Crippen LogP contribution >= 0.6 is 0 Å². The maximum absolute atomic E-state index is 13.0. The van der Waals surface area contributed by atoms with Crippen molar-refractivity contribution in [2.75, 3.05) is 28.6 Å². The van der Waals surface area contributed by atoms with Crippen molar-refractivity contribution in [1.29, 1.82) is 0 Å². The van der Waals surface area contributed by atoms with Gasteiger partial charge in [-0.05, 0) is 56.7 Å². The second-order valence-corrected chi connectivity index (χ2v) is 9.86. The SMILES string of the molecule is CCC(=O)Nc1ccc(S(=O)(=O)Nc2ccc3c(c2)OCC(C)(C)C(=O)N3C)c(C)c1. The van der Waals surface area contributed by atoms with Crippen LogP contribution in [0.2, 0.25) is 0 Å². The molecule has 8 nitrogen and oxygen atoms in total. The number of aryl methyl sites for hydroxylation is 1. The summed E-state index contributed by atoms with van der Waals surface area (Å²) in [5.74, 6) is 0.200. The summed E-state index contributed by atoms with van der Waals surface area (Å²) in [4.78, 5) is 25.8. The number of fused-ring (bicyclic) bond motifs is 1. The number of hydrogen-bond acceptors (Lipinski definition) is 5. The van der Waals surface area contributed by atoms with E-state index in [0.717, 1.165) is 0 Å². The Kier molecular flexibility index (Phi) is 6.00. The molecule has 0 saturated heterocycles. The van der Waals surface area contributed by atoms with Gasteiger partial charge >= 0.3 is 0 Å². The fraction of sp³-hybridized carbons (Fsp3) is 0.364. The third-order valence-corrected chi connectivity index (χ3v) is 6.66. The van der Waals surface area contributed by atoms with E-state index in [1.807, 2.05) is 0 Å². The van der Waals surface area contributed by atoms with Crippen LogP contribution < -0.4 is 19.7 Å². The van der Waals surface area contributed by atoms with Crippen molar-refractivity contribution in [2.45, 2.75) is 39.0 Å². The first-order valence-electron chi connectivity index (χ1n) is 9.93. The number of nitrogens with zero attached hydrogens (tertiary/aromatic N) is 1. The molecule has 9 heteroatoms. The third-order valence-electron chi connectivity index (χ3n) is 5.11. The number of carbonyl (C=O) groups is 2. The minimum Gasteiger partial charge on any atom is -0.490 e. The maximum Gasteiger partial charge on any atom is 0.262 e. The Labute approximate surface area is 182 Å². The zero-order valence-electron chi connectivity index (χ0n) is 18.3. The highest BCUT2D eigenvalue weighted by Crippen LogP contribution is 2.37. The number of benzene rings is 2. The molecule has 0 aromatic heterocycles. The van der Waals surface area contributed by atoms with Gasteiger partial charge in [-0.1, -0.05) is 6.92 Å². The van der Waals surface area contributed by atoms with E-state index in [9.17, 15) is 18.0 Å². The van der Waals surface area contributed by atoms with Crippen LogP contribution in [0.4, 0.5) is 17.1 Å². The molecule has 2 N–H and O–H groups in total. The summed E-state index contributed by atoms with van der Waals surface area (Å²) in [6.45, 7) is 7.19. The summed E-state index contributed by atoms with van der Waals surface area (Å²) in [5, 5.41) is 2.71. The van der Waals surface area contributed by atoms with E-state index in [2.05, 4.69) is 10.0 Å². The van der Waals surface area contributed by atoms with E-state index in [4.69, 9.17) is 4.74 Å². The summed E-state index contributed by atoms with van der Waals surface area (Å²) in [6.07, 6.45) is 0.332. The van der Waals surface area contributed by atoms with Gasteiger partial charge in [-0.2, -0.15) is 0 Å². The van der Waals surface area contributed by atoms with E-state index in [0.29, 0.717) is 34.8 Å². The molecule has 1 heterocycles. The minimum atomic E-state index is -3.88. The number of carbonyl (C=O) groups excluding carboxylic acids is 2. The highest BCUT2D eigenvalue weighted by atomic mass is 32.2. The number of anilines is 3. The van der Waals surface area contributed by atoms with Gasteiger partial charge < -0.3 is 15.0 Å². The molecule has 0 aliphatic carbocycles. The van der Waals surface area contributed by atoms with Crippen LogP contribution in [0.15, 0.2) is 41.3 Å². The summed E-state index contributed by atoms with van der Waals surface area (Å²) < 4.78 is 34.3. The summed E-state index contributed by atoms with van der Waals surface area (Å²) >= 11 is 0. The molecule has 1 aliphatic heterocycles. The maximum atomic E-state index is 13.0. The molecule has 2 aromatic rings. The molecule has 2 amide bonds. The fourth-order valence-electron chi connectivity index (χ4n) is 3.34. The zero-order chi connectivity index (χ0) is 23.0. The monoisotopic (exact) mass is 445 g/mol. The number of amides is 2. The first kappa shape index (κ1) is 22.6. The number of ether oxygens (including phenoxy) is 1. The highest BCUT2D eigenvalue weighted by molar-refractivity contribution is 7.92. The van der Waals surface area contributed by atoms with Crippen LogP contribution in [0.5, 0.6) is 5.75 Å². The van der Waals surface area contributed by atoms with Crippen molar-refractivity contribution in [3.63, 3.8) is 0 Å². The van der Waals surface area contributed by atoms with Gasteiger partial charge in [0.2, 0.25) is 11.8 Å². The first-order valence-corrected chi connectivity index (χ1v) is 11.4. The lowest BCUT2D eigenvalue weighted by Gasteiger charge is -2.24. The molecular weight excluding hydrogens is 418 g/mol. The Morgan fingerprint density at radius 3 is 2.48 bits per heavy atom. The average molecular weight is 446 g/mol.